The smallest absolute Gasteiger partial charge is 0.290 e. The maximum absolute atomic E-state index is 12.1. The lowest BCUT2D eigenvalue weighted by Crippen LogP contribution is -2.45. The molecule has 0 aliphatic heterocycles. The Bertz CT molecular complexity index is 390. The van der Waals surface area contributed by atoms with Crippen LogP contribution in [0.2, 0.25) is 5.22 Å². The lowest BCUT2D eigenvalue weighted by atomic mass is 10.1. The molecule has 0 spiro atoms. The molecule has 0 fully saturated rings. The van der Waals surface area contributed by atoms with Crippen LogP contribution < -0.4 is 0 Å². The van der Waals surface area contributed by atoms with E-state index in [9.17, 15) is 4.79 Å². The Kier molecular flexibility index (Phi) is 3.81. The van der Waals surface area contributed by atoms with Crippen LogP contribution in [0.3, 0.4) is 0 Å². The van der Waals surface area contributed by atoms with E-state index in [1.807, 2.05) is 20.8 Å². The second-order valence-electron chi connectivity index (χ2n) is 4.48. The van der Waals surface area contributed by atoms with Gasteiger partial charge in [-0.1, -0.05) is 6.08 Å². The van der Waals surface area contributed by atoms with Crippen LogP contribution in [0.5, 0.6) is 0 Å². The summed E-state index contributed by atoms with van der Waals surface area (Å²) in [6, 6.07) is 3.13. The summed E-state index contributed by atoms with van der Waals surface area (Å²) in [7, 11) is 0. The number of carbonyl (C=O) groups excluding carboxylic acids is 1. The number of hydrogen-bond acceptors (Lipinski definition) is 2. The zero-order valence-corrected chi connectivity index (χ0v) is 10.5. The van der Waals surface area contributed by atoms with Gasteiger partial charge >= 0.3 is 0 Å². The maximum atomic E-state index is 12.1. The number of amides is 1. The molecule has 88 valence electrons. The molecule has 1 amide bonds. The third-order valence-corrected chi connectivity index (χ3v) is 2.35. The predicted octanol–water partition coefficient (Wildman–Crippen LogP) is 3.36. The van der Waals surface area contributed by atoms with Gasteiger partial charge in [0.2, 0.25) is 0 Å². The van der Waals surface area contributed by atoms with E-state index in [2.05, 4.69) is 6.58 Å². The predicted molar refractivity (Wildman–Crippen MR) is 64.7 cm³/mol. The van der Waals surface area contributed by atoms with Gasteiger partial charge < -0.3 is 9.32 Å². The van der Waals surface area contributed by atoms with E-state index in [0.29, 0.717) is 6.54 Å². The molecule has 1 rings (SSSR count). The molecule has 0 saturated heterocycles. The van der Waals surface area contributed by atoms with Gasteiger partial charge in [0, 0.05) is 12.1 Å². The van der Waals surface area contributed by atoms with Crippen molar-refractivity contribution in [1.29, 1.82) is 0 Å². The van der Waals surface area contributed by atoms with Crippen molar-refractivity contribution in [3.8, 4) is 0 Å². The van der Waals surface area contributed by atoms with Crippen LogP contribution in [-0.2, 0) is 0 Å². The first-order valence-electron chi connectivity index (χ1n) is 5.04. The minimum Gasteiger partial charge on any atom is -0.440 e. The highest BCUT2D eigenvalue weighted by Crippen LogP contribution is 2.20. The van der Waals surface area contributed by atoms with E-state index in [0.717, 1.165) is 0 Å². The van der Waals surface area contributed by atoms with Crippen LogP contribution in [-0.4, -0.2) is 22.9 Å². The fraction of sp³-hybridized carbons (Fsp3) is 0.417. The standard InChI is InChI=1S/C12H16ClNO2/c1-5-8-14(12(2,3)4)11(15)9-6-7-10(13)16-9/h5-7H,1,8H2,2-4H3. The molecular formula is C12H16ClNO2. The summed E-state index contributed by atoms with van der Waals surface area (Å²) in [6.45, 7) is 9.99. The third kappa shape index (κ3) is 2.89. The van der Waals surface area contributed by atoms with Crippen molar-refractivity contribution in [3.05, 3.63) is 35.8 Å². The zero-order chi connectivity index (χ0) is 12.3. The first kappa shape index (κ1) is 12.8. The second-order valence-corrected chi connectivity index (χ2v) is 4.85. The van der Waals surface area contributed by atoms with E-state index < -0.39 is 0 Å². The molecule has 0 unspecified atom stereocenters. The van der Waals surface area contributed by atoms with Crippen molar-refractivity contribution in [1.82, 2.24) is 4.90 Å². The summed E-state index contributed by atoms with van der Waals surface area (Å²) in [5.74, 6) is 0.0704. The van der Waals surface area contributed by atoms with Gasteiger partial charge in [0.25, 0.3) is 5.91 Å². The van der Waals surface area contributed by atoms with Crippen LogP contribution >= 0.6 is 11.6 Å². The highest BCUT2D eigenvalue weighted by atomic mass is 35.5. The summed E-state index contributed by atoms with van der Waals surface area (Å²) < 4.78 is 5.11. The number of carbonyl (C=O) groups is 1. The van der Waals surface area contributed by atoms with Crippen molar-refractivity contribution >= 4 is 17.5 Å². The summed E-state index contributed by atoms with van der Waals surface area (Å²) in [6.07, 6.45) is 1.69. The first-order chi connectivity index (χ1) is 7.36. The molecule has 1 aromatic heterocycles. The number of furan rings is 1. The zero-order valence-electron chi connectivity index (χ0n) is 9.79. The Hall–Kier alpha value is -1.22. The second kappa shape index (κ2) is 4.74. The quantitative estimate of drug-likeness (QED) is 0.761. The molecule has 0 atom stereocenters. The summed E-state index contributed by atoms with van der Waals surface area (Å²) in [4.78, 5) is 13.8. The van der Waals surface area contributed by atoms with Gasteiger partial charge in [-0.05, 0) is 44.5 Å². The molecule has 0 aromatic carbocycles. The monoisotopic (exact) mass is 241 g/mol. The molecule has 0 bridgehead atoms. The van der Waals surface area contributed by atoms with Gasteiger partial charge in [0.15, 0.2) is 11.0 Å². The Morgan fingerprint density at radius 3 is 2.56 bits per heavy atom. The first-order valence-corrected chi connectivity index (χ1v) is 5.42. The van der Waals surface area contributed by atoms with Crippen molar-refractivity contribution in [2.24, 2.45) is 0 Å². The van der Waals surface area contributed by atoms with Crippen molar-refractivity contribution in [2.45, 2.75) is 26.3 Å². The number of rotatable bonds is 3. The van der Waals surface area contributed by atoms with E-state index in [1.165, 1.54) is 0 Å². The third-order valence-electron chi connectivity index (χ3n) is 2.15. The molecule has 0 aliphatic carbocycles. The van der Waals surface area contributed by atoms with Gasteiger partial charge in [0.05, 0.1) is 0 Å². The molecule has 1 aromatic rings. The van der Waals surface area contributed by atoms with Gasteiger partial charge in [-0.25, -0.2) is 0 Å². The van der Waals surface area contributed by atoms with Crippen LogP contribution in [0.4, 0.5) is 0 Å². The van der Waals surface area contributed by atoms with Crippen molar-refractivity contribution in [3.63, 3.8) is 0 Å². The van der Waals surface area contributed by atoms with E-state index in [4.69, 9.17) is 16.0 Å². The Morgan fingerprint density at radius 2 is 2.19 bits per heavy atom. The molecule has 16 heavy (non-hydrogen) atoms. The maximum Gasteiger partial charge on any atom is 0.290 e. The van der Waals surface area contributed by atoms with Crippen LogP contribution in [0, 0.1) is 0 Å². The van der Waals surface area contributed by atoms with Gasteiger partial charge in [-0.3, -0.25) is 4.79 Å². The lowest BCUT2D eigenvalue weighted by molar-refractivity contribution is 0.0584. The minimum atomic E-state index is -0.287. The topological polar surface area (TPSA) is 33.5 Å². The SMILES string of the molecule is C=CCN(C(=O)c1ccc(Cl)o1)C(C)(C)C. The Balaban J connectivity index is 2.96. The van der Waals surface area contributed by atoms with Gasteiger partial charge in [-0.15, -0.1) is 6.58 Å². The highest BCUT2D eigenvalue weighted by Gasteiger charge is 2.28. The number of halogens is 1. The molecule has 0 aliphatic rings. The van der Waals surface area contributed by atoms with Crippen LogP contribution in [0.1, 0.15) is 31.3 Å². The average Bonchev–Trinajstić information content (AvgIpc) is 2.58. The molecule has 0 radical (unpaired) electrons. The van der Waals surface area contributed by atoms with Gasteiger partial charge in [0.1, 0.15) is 0 Å². The van der Waals surface area contributed by atoms with E-state index in [-0.39, 0.29) is 22.4 Å². The summed E-state index contributed by atoms with van der Waals surface area (Å²) >= 11 is 5.64. The van der Waals surface area contributed by atoms with Crippen LogP contribution in [0.25, 0.3) is 0 Å². The molecular weight excluding hydrogens is 226 g/mol. The number of hydrogen-bond donors (Lipinski definition) is 0. The van der Waals surface area contributed by atoms with Gasteiger partial charge in [-0.2, -0.15) is 0 Å². The lowest BCUT2D eigenvalue weighted by Gasteiger charge is -2.34. The molecule has 0 N–H and O–H groups in total. The minimum absolute atomic E-state index is 0.181. The van der Waals surface area contributed by atoms with E-state index in [1.54, 1.807) is 23.1 Å². The Labute approximate surface area is 101 Å². The fourth-order valence-electron chi connectivity index (χ4n) is 1.35. The fourth-order valence-corrected chi connectivity index (χ4v) is 1.50. The van der Waals surface area contributed by atoms with Crippen molar-refractivity contribution < 1.29 is 9.21 Å². The normalized spacial score (nSPS) is 11.2. The molecule has 3 nitrogen and oxygen atoms in total. The number of nitrogens with zero attached hydrogens (tertiary/aromatic N) is 1. The molecule has 4 heteroatoms. The largest absolute Gasteiger partial charge is 0.440 e. The Morgan fingerprint density at radius 1 is 1.56 bits per heavy atom. The average molecular weight is 242 g/mol. The molecule has 1 heterocycles. The summed E-state index contributed by atoms with van der Waals surface area (Å²) in [5, 5.41) is 0.218. The molecule has 0 saturated carbocycles. The summed E-state index contributed by atoms with van der Waals surface area (Å²) in [5.41, 5.74) is -0.287. The van der Waals surface area contributed by atoms with E-state index >= 15 is 0 Å². The van der Waals surface area contributed by atoms with Crippen molar-refractivity contribution in [2.75, 3.05) is 6.54 Å². The highest BCUT2D eigenvalue weighted by molar-refractivity contribution is 6.29. The van der Waals surface area contributed by atoms with Crippen LogP contribution in [0.15, 0.2) is 29.2 Å².